The van der Waals surface area contributed by atoms with Gasteiger partial charge in [-0.1, -0.05) is 30.2 Å². The molecule has 0 heterocycles. The Morgan fingerprint density at radius 1 is 0.850 bits per heavy atom. The van der Waals surface area contributed by atoms with Gasteiger partial charge < -0.3 is 9.47 Å². The molecule has 2 aromatic rings. The highest BCUT2D eigenvalue weighted by Crippen LogP contribution is 2.37. The van der Waals surface area contributed by atoms with Gasteiger partial charge in [-0.05, 0) is 44.5 Å². The number of methoxy groups -OCH3 is 1. The normalized spacial score (nSPS) is 10.4. The maximum Gasteiger partial charge on any atom is 0.127 e. The molecule has 0 atom stereocenters. The minimum atomic E-state index is 0.726. The average Bonchev–Trinajstić information content (AvgIpc) is 2.46. The monoisotopic (exact) mass is 270 g/mol. The zero-order valence-electron chi connectivity index (χ0n) is 12.7. The van der Waals surface area contributed by atoms with Gasteiger partial charge in [0, 0.05) is 11.1 Å². The maximum absolute atomic E-state index is 5.88. The number of benzene rings is 2. The van der Waals surface area contributed by atoms with E-state index in [0.29, 0.717) is 0 Å². The van der Waals surface area contributed by atoms with Crippen LogP contribution in [0.1, 0.15) is 24.5 Å². The van der Waals surface area contributed by atoms with Gasteiger partial charge in [0.25, 0.3) is 0 Å². The first-order valence-electron chi connectivity index (χ1n) is 7.04. The molecule has 2 nitrogen and oxygen atoms in total. The maximum atomic E-state index is 5.88. The van der Waals surface area contributed by atoms with Crippen LogP contribution in [0, 0.1) is 13.8 Å². The lowest BCUT2D eigenvalue weighted by atomic mass is 9.99. The molecule has 2 aromatic carbocycles. The Bertz CT molecular complexity index is 588. The van der Waals surface area contributed by atoms with Crippen molar-refractivity contribution in [2.24, 2.45) is 0 Å². The van der Waals surface area contributed by atoms with Crippen molar-refractivity contribution in [3.63, 3.8) is 0 Å². The first-order valence-corrected chi connectivity index (χ1v) is 7.04. The molecular weight excluding hydrogens is 248 g/mol. The van der Waals surface area contributed by atoms with E-state index in [1.165, 1.54) is 11.1 Å². The third kappa shape index (κ3) is 3.13. The second kappa shape index (κ2) is 6.47. The molecule has 0 N–H and O–H groups in total. The number of aryl methyl sites for hydroxylation is 2. The minimum absolute atomic E-state index is 0.726. The molecule has 20 heavy (non-hydrogen) atoms. The smallest absolute Gasteiger partial charge is 0.127 e. The number of rotatable bonds is 5. The van der Waals surface area contributed by atoms with Crippen molar-refractivity contribution in [1.82, 2.24) is 0 Å². The van der Waals surface area contributed by atoms with Crippen molar-refractivity contribution in [1.29, 1.82) is 0 Å². The van der Waals surface area contributed by atoms with Gasteiger partial charge in [-0.15, -0.1) is 0 Å². The summed E-state index contributed by atoms with van der Waals surface area (Å²) in [5.74, 6) is 1.80. The molecule has 0 bridgehead atoms. The lowest BCUT2D eigenvalue weighted by Crippen LogP contribution is -1.98. The van der Waals surface area contributed by atoms with E-state index in [1.807, 2.05) is 12.1 Å². The van der Waals surface area contributed by atoms with Crippen molar-refractivity contribution in [2.45, 2.75) is 27.2 Å². The van der Waals surface area contributed by atoms with Crippen LogP contribution >= 0.6 is 0 Å². The second-order valence-electron chi connectivity index (χ2n) is 5.05. The van der Waals surface area contributed by atoms with Gasteiger partial charge in [0.1, 0.15) is 11.5 Å². The van der Waals surface area contributed by atoms with E-state index in [-0.39, 0.29) is 0 Å². The molecule has 0 unspecified atom stereocenters. The van der Waals surface area contributed by atoms with Crippen LogP contribution in [-0.4, -0.2) is 13.7 Å². The van der Waals surface area contributed by atoms with Gasteiger partial charge in [0.2, 0.25) is 0 Å². The molecule has 0 spiro atoms. The van der Waals surface area contributed by atoms with E-state index in [2.05, 4.69) is 45.0 Å². The quantitative estimate of drug-likeness (QED) is 0.779. The third-order valence-electron chi connectivity index (χ3n) is 3.24. The van der Waals surface area contributed by atoms with Crippen molar-refractivity contribution >= 4 is 0 Å². The predicted octanol–water partition coefficient (Wildman–Crippen LogP) is 4.77. The largest absolute Gasteiger partial charge is 0.496 e. The van der Waals surface area contributed by atoms with Crippen LogP contribution in [0.25, 0.3) is 11.1 Å². The van der Waals surface area contributed by atoms with E-state index in [1.54, 1.807) is 7.11 Å². The Balaban J connectivity index is 2.55. The molecule has 2 rings (SSSR count). The summed E-state index contributed by atoms with van der Waals surface area (Å²) in [5, 5.41) is 0. The Morgan fingerprint density at radius 3 is 1.95 bits per heavy atom. The van der Waals surface area contributed by atoms with Crippen LogP contribution in [0.15, 0.2) is 36.4 Å². The zero-order valence-corrected chi connectivity index (χ0v) is 12.7. The zero-order chi connectivity index (χ0) is 14.5. The van der Waals surface area contributed by atoms with Crippen molar-refractivity contribution < 1.29 is 9.47 Å². The van der Waals surface area contributed by atoms with Crippen LogP contribution in [-0.2, 0) is 0 Å². The van der Waals surface area contributed by atoms with Crippen LogP contribution in [0.2, 0.25) is 0 Å². The van der Waals surface area contributed by atoms with E-state index in [4.69, 9.17) is 9.47 Å². The van der Waals surface area contributed by atoms with E-state index in [9.17, 15) is 0 Å². The van der Waals surface area contributed by atoms with Crippen LogP contribution in [0.4, 0.5) is 0 Å². The van der Waals surface area contributed by atoms with E-state index >= 15 is 0 Å². The molecule has 0 aliphatic rings. The Hall–Kier alpha value is -1.96. The lowest BCUT2D eigenvalue weighted by molar-refractivity contribution is 0.318. The summed E-state index contributed by atoms with van der Waals surface area (Å²) in [6.07, 6.45) is 0.998. The summed E-state index contributed by atoms with van der Waals surface area (Å²) in [5.41, 5.74) is 4.61. The third-order valence-corrected chi connectivity index (χ3v) is 3.24. The highest BCUT2D eigenvalue weighted by atomic mass is 16.5. The highest BCUT2D eigenvalue weighted by molar-refractivity contribution is 5.77. The fourth-order valence-electron chi connectivity index (χ4n) is 2.22. The van der Waals surface area contributed by atoms with Crippen molar-refractivity contribution in [3.8, 4) is 22.6 Å². The van der Waals surface area contributed by atoms with Crippen LogP contribution in [0.3, 0.4) is 0 Å². The van der Waals surface area contributed by atoms with Crippen molar-refractivity contribution in [3.05, 3.63) is 47.5 Å². The lowest BCUT2D eigenvalue weighted by Gasteiger charge is -2.15. The highest BCUT2D eigenvalue weighted by Gasteiger charge is 2.12. The Labute approximate surface area is 121 Å². The van der Waals surface area contributed by atoms with Gasteiger partial charge in [0.05, 0.1) is 13.7 Å². The SMILES string of the molecule is CCCOc1ccc(C)cc1-c1cc(C)ccc1OC. The summed E-state index contributed by atoms with van der Waals surface area (Å²) < 4.78 is 11.4. The molecule has 0 amide bonds. The summed E-state index contributed by atoms with van der Waals surface area (Å²) >= 11 is 0. The summed E-state index contributed by atoms with van der Waals surface area (Å²) in [4.78, 5) is 0. The van der Waals surface area contributed by atoms with E-state index < -0.39 is 0 Å². The van der Waals surface area contributed by atoms with Gasteiger partial charge >= 0.3 is 0 Å². The first kappa shape index (κ1) is 14.4. The molecule has 0 saturated heterocycles. The molecule has 2 heteroatoms. The molecule has 0 aromatic heterocycles. The molecular formula is C18H22O2. The second-order valence-corrected chi connectivity index (χ2v) is 5.05. The molecule has 0 radical (unpaired) electrons. The molecule has 0 aliphatic carbocycles. The van der Waals surface area contributed by atoms with Gasteiger partial charge in [0.15, 0.2) is 0 Å². The first-order chi connectivity index (χ1) is 9.65. The van der Waals surface area contributed by atoms with Gasteiger partial charge in [-0.3, -0.25) is 0 Å². The van der Waals surface area contributed by atoms with Gasteiger partial charge in [-0.2, -0.15) is 0 Å². The molecule has 0 fully saturated rings. The Morgan fingerprint density at radius 2 is 1.40 bits per heavy atom. The summed E-state index contributed by atoms with van der Waals surface area (Å²) in [6, 6.07) is 12.5. The number of hydrogen-bond donors (Lipinski definition) is 0. The fourth-order valence-corrected chi connectivity index (χ4v) is 2.22. The predicted molar refractivity (Wildman–Crippen MR) is 83.7 cm³/mol. The van der Waals surface area contributed by atoms with Crippen LogP contribution in [0.5, 0.6) is 11.5 Å². The molecule has 106 valence electrons. The standard InChI is InChI=1S/C18H22O2/c1-5-10-20-18-9-7-14(3)12-16(18)15-11-13(2)6-8-17(15)19-4/h6-9,11-12H,5,10H2,1-4H3. The average molecular weight is 270 g/mol. The van der Waals surface area contributed by atoms with Crippen molar-refractivity contribution in [2.75, 3.05) is 13.7 Å². The Kier molecular flexibility index (Phi) is 4.67. The minimum Gasteiger partial charge on any atom is -0.496 e. The van der Waals surface area contributed by atoms with E-state index in [0.717, 1.165) is 35.7 Å². The molecule has 0 aliphatic heterocycles. The topological polar surface area (TPSA) is 18.5 Å². The van der Waals surface area contributed by atoms with Crippen LogP contribution < -0.4 is 9.47 Å². The summed E-state index contributed by atoms with van der Waals surface area (Å²) in [6.45, 7) is 7.02. The fraction of sp³-hybridized carbons (Fsp3) is 0.333. The molecule has 0 saturated carbocycles. The van der Waals surface area contributed by atoms with Gasteiger partial charge in [-0.25, -0.2) is 0 Å². The number of hydrogen-bond acceptors (Lipinski definition) is 2. The number of ether oxygens (including phenoxy) is 2. The summed E-state index contributed by atoms with van der Waals surface area (Å²) in [7, 11) is 1.70.